The first-order valence-electron chi connectivity index (χ1n) is 5.68. The van der Waals surface area contributed by atoms with E-state index >= 15 is 0 Å². The minimum Gasteiger partial charge on any atom is -0.359 e. The Kier molecular flexibility index (Phi) is 4.04. The number of para-hydroxylation sites is 2. The maximum absolute atomic E-state index is 11.1. The number of aromatic nitrogens is 4. The average molecular weight is 269 g/mol. The zero-order valence-electron chi connectivity index (χ0n) is 10.6. The lowest BCUT2D eigenvalue weighted by Gasteiger charge is -2.09. The van der Waals surface area contributed by atoms with Crippen LogP contribution in [0.3, 0.4) is 0 Å². The third-order valence-corrected chi connectivity index (χ3v) is 2.32. The number of nitrogens with one attached hydrogen (secondary N) is 3. The number of carbonyl (C=O) groups is 1. The summed E-state index contributed by atoms with van der Waals surface area (Å²) >= 11 is 0. The molecule has 0 aliphatic heterocycles. The average Bonchev–Trinajstić information content (AvgIpc) is 2.95. The number of anilines is 2. The molecule has 3 N–H and O–H groups in total. The fraction of sp³-hybridized carbons (Fsp3) is 0.0833. The summed E-state index contributed by atoms with van der Waals surface area (Å²) in [5.41, 5.74) is 1.48. The molecule has 2 rings (SSSR count). The van der Waals surface area contributed by atoms with E-state index in [9.17, 15) is 4.79 Å². The number of H-pyrrole nitrogens is 1. The van der Waals surface area contributed by atoms with Gasteiger partial charge in [-0.3, -0.25) is 4.79 Å². The Hall–Kier alpha value is -3.21. The van der Waals surface area contributed by atoms with Gasteiger partial charge in [-0.1, -0.05) is 12.1 Å². The van der Waals surface area contributed by atoms with Crippen LogP contribution >= 0.6 is 0 Å². The highest BCUT2D eigenvalue weighted by atomic mass is 16.1. The molecule has 0 saturated carbocycles. The Morgan fingerprint density at radius 1 is 1.40 bits per heavy atom. The molecule has 1 heterocycles. The number of carbonyl (C=O) groups excluding carboxylic acids is 1. The standard InChI is InChI=1S/C12H11N7O/c1-8(20)15-11-5-3-2-4-10(11)14-7-9(6-13)12-16-18-19-17-12/h2-5,7,14H,1H3,(H,15,20)(H,16,17,18,19). The largest absolute Gasteiger partial charge is 0.359 e. The Labute approximate surface area is 114 Å². The highest BCUT2D eigenvalue weighted by molar-refractivity contribution is 5.93. The van der Waals surface area contributed by atoms with Crippen molar-refractivity contribution in [3.05, 3.63) is 36.3 Å². The number of nitrogens with zero attached hydrogens (tertiary/aromatic N) is 4. The van der Waals surface area contributed by atoms with Gasteiger partial charge in [0.15, 0.2) is 0 Å². The highest BCUT2D eigenvalue weighted by Crippen LogP contribution is 2.21. The molecular formula is C12H11N7O. The van der Waals surface area contributed by atoms with Crippen LogP contribution in [0.1, 0.15) is 12.7 Å². The van der Waals surface area contributed by atoms with Gasteiger partial charge in [0.05, 0.1) is 11.4 Å². The normalized spacial score (nSPS) is 10.7. The first-order chi connectivity index (χ1) is 9.70. The van der Waals surface area contributed by atoms with Crippen LogP contribution < -0.4 is 10.6 Å². The van der Waals surface area contributed by atoms with E-state index in [0.29, 0.717) is 11.4 Å². The topological polar surface area (TPSA) is 119 Å². The van der Waals surface area contributed by atoms with Gasteiger partial charge in [0.2, 0.25) is 11.7 Å². The van der Waals surface area contributed by atoms with Crippen LogP contribution in [0.2, 0.25) is 0 Å². The molecule has 0 aliphatic carbocycles. The lowest BCUT2D eigenvalue weighted by molar-refractivity contribution is -0.114. The SMILES string of the molecule is CC(=O)Nc1ccccc1NC=C(C#N)c1nn[nH]n1. The van der Waals surface area contributed by atoms with E-state index in [1.807, 2.05) is 12.1 Å². The van der Waals surface area contributed by atoms with Gasteiger partial charge in [-0.15, -0.1) is 10.2 Å². The van der Waals surface area contributed by atoms with Crippen molar-refractivity contribution in [2.45, 2.75) is 6.92 Å². The van der Waals surface area contributed by atoms with Crippen molar-refractivity contribution in [2.24, 2.45) is 0 Å². The molecule has 100 valence electrons. The molecule has 1 aromatic heterocycles. The van der Waals surface area contributed by atoms with E-state index in [2.05, 4.69) is 31.3 Å². The van der Waals surface area contributed by atoms with Crippen molar-refractivity contribution < 1.29 is 4.79 Å². The zero-order chi connectivity index (χ0) is 14.4. The molecule has 0 atom stereocenters. The van der Waals surface area contributed by atoms with Crippen LogP contribution in [0, 0.1) is 11.3 Å². The summed E-state index contributed by atoms with van der Waals surface area (Å²) in [5, 5.41) is 27.8. The number of tetrazole rings is 1. The molecule has 1 aromatic carbocycles. The van der Waals surface area contributed by atoms with Gasteiger partial charge in [-0.2, -0.15) is 10.5 Å². The van der Waals surface area contributed by atoms with E-state index in [1.165, 1.54) is 13.1 Å². The van der Waals surface area contributed by atoms with Crippen molar-refractivity contribution in [3.63, 3.8) is 0 Å². The summed E-state index contributed by atoms with van der Waals surface area (Å²) in [6.45, 7) is 1.42. The minimum absolute atomic E-state index is 0.179. The fourth-order valence-electron chi connectivity index (χ4n) is 1.48. The van der Waals surface area contributed by atoms with Crippen molar-refractivity contribution in [1.29, 1.82) is 5.26 Å². The molecule has 0 bridgehead atoms. The molecule has 0 spiro atoms. The second-order valence-electron chi connectivity index (χ2n) is 3.78. The maximum Gasteiger partial charge on any atom is 0.221 e. The summed E-state index contributed by atoms with van der Waals surface area (Å²) in [5.74, 6) is 0.0129. The molecule has 0 fully saturated rings. The molecule has 8 heteroatoms. The zero-order valence-corrected chi connectivity index (χ0v) is 10.6. The predicted octanol–water partition coefficient (Wildman–Crippen LogP) is 1.13. The van der Waals surface area contributed by atoms with Crippen molar-refractivity contribution in [3.8, 4) is 6.07 Å². The molecular weight excluding hydrogens is 258 g/mol. The van der Waals surface area contributed by atoms with Crippen LogP contribution in [0.25, 0.3) is 5.57 Å². The molecule has 1 amide bonds. The third-order valence-electron chi connectivity index (χ3n) is 2.32. The van der Waals surface area contributed by atoms with E-state index in [0.717, 1.165) is 0 Å². The van der Waals surface area contributed by atoms with Crippen LogP contribution in [0.4, 0.5) is 11.4 Å². The number of hydrogen-bond acceptors (Lipinski definition) is 6. The number of amides is 1. The Balaban J connectivity index is 2.22. The predicted molar refractivity (Wildman–Crippen MR) is 72.1 cm³/mol. The number of aromatic amines is 1. The smallest absolute Gasteiger partial charge is 0.221 e. The van der Waals surface area contributed by atoms with E-state index in [4.69, 9.17) is 5.26 Å². The number of nitriles is 1. The summed E-state index contributed by atoms with van der Waals surface area (Å²) in [6.07, 6.45) is 1.45. The Morgan fingerprint density at radius 3 is 2.75 bits per heavy atom. The van der Waals surface area contributed by atoms with Crippen LogP contribution in [0.15, 0.2) is 30.5 Å². The third kappa shape index (κ3) is 3.17. The number of hydrogen-bond donors (Lipinski definition) is 3. The molecule has 0 unspecified atom stereocenters. The van der Waals surface area contributed by atoms with Gasteiger partial charge >= 0.3 is 0 Å². The van der Waals surface area contributed by atoms with Crippen LogP contribution in [-0.2, 0) is 4.79 Å². The quantitative estimate of drug-likeness (QED) is 0.716. The fourth-order valence-corrected chi connectivity index (χ4v) is 1.48. The maximum atomic E-state index is 11.1. The van der Waals surface area contributed by atoms with Gasteiger partial charge in [-0.05, 0) is 17.3 Å². The second kappa shape index (κ2) is 6.10. The van der Waals surface area contributed by atoms with Gasteiger partial charge in [0, 0.05) is 13.1 Å². The van der Waals surface area contributed by atoms with Gasteiger partial charge in [0.25, 0.3) is 0 Å². The van der Waals surface area contributed by atoms with E-state index in [1.54, 1.807) is 18.2 Å². The molecule has 0 aliphatic rings. The molecule has 2 aromatic rings. The number of benzene rings is 1. The summed E-state index contributed by atoms with van der Waals surface area (Å²) in [4.78, 5) is 11.1. The molecule has 0 radical (unpaired) electrons. The molecule has 0 saturated heterocycles. The summed E-state index contributed by atoms with van der Waals surface area (Å²) < 4.78 is 0. The lowest BCUT2D eigenvalue weighted by atomic mass is 10.2. The van der Waals surface area contributed by atoms with Crippen LogP contribution in [0.5, 0.6) is 0 Å². The monoisotopic (exact) mass is 269 g/mol. The Bertz CT molecular complexity index is 669. The Morgan fingerprint density at radius 2 is 2.15 bits per heavy atom. The van der Waals surface area contributed by atoms with Gasteiger partial charge < -0.3 is 10.6 Å². The van der Waals surface area contributed by atoms with Gasteiger partial charge in [-0.25, -0.2) is 0 Å². The first kappa shape index (κ1) is 13.2. The van der Waals surface area contributed by atoms with Gasteiger partial charge in [0.1, 0.15) is 11.6 Å². The first-order valence-corrected chi connectivity index (χ1v) is 5.68. The van der Waals surface area contributed by atoms with E-state index in [-0.39, 0.29) is 17.3 Å². The number of allylic oxidation sites excluding steroid dienone is 1. The lowest BCUT2D eigenvalue weighted by Crippen LogP contribution is -2.07. The number of rotatable bonds is 4. The van der Waals surface area contributed by atoms with Crippen molar-refractivity contribution in [1.82, 2.24) is 20.6 Å². The van der Waals surface area contributed by atoms with Crippen molar-refractivity contribution >= 4 is 22.9 Å². The van der Waals surface area contributed by atoms with Crippen molar-refractivity contribution in [2.75, 3.05) is 10.6 Å². The minimum atomic E-state index is -0.179. The summed E-state index contributed by atoms with van der Waals surface area (Å²) in [6, 6.07) is 9.08. The second-order valence-corrected chi connectivity index (χ2v) is 3.78. The van der Waals surface area contributed by atoms with Crippen LogP contribution in [-0.4, -0.2) is 26.5 Å². The molecule has 8 nitrogen and oxygen atoms in total. The van der Waals surface area contributed by atoms with E-state index < -0.39 is 0 Å². The molecule has 20 heavy (non-hydrogen) atoms. The highest BCUT2D eigenvalue weighted by Gasteiger charge is 2.06. The summed E-state index contributed by atoms with van der Waals surface area (Å²) in [7, 11) is 0.